The van der Waals surface area contributed by atoms with Gasteiger partial charge in [-0.25, -0.2) is 0 Å². The SMILES string of the molecule is COc1ccc(C=O)cc1C1CC1. The highest BCUT2D eigenvalue weighted by Crippen LogP contribution is 2.44. The average molecular weight is 176 g/mol. The van der Waals surface area contributed by atoms with Crippen molar-refractivity contribution in [1.29, 1.82) is 0 Å². The third-order valence-electron chi connectivity index (χ3n) is 2.41. The highest BCUT2D eigenvalue weighted by atomic mass is 16.5. The summed E-state index contributed by atoms with van der Waals surface area (Å²) in [7, 11) is 1.67. The van der Waals surface area contributed by atoms with E-state index in [4.69, 9.17) is 4.74 Å². The molecule has 1 aromatic carbocycles. The standard InChI is InChI=1S/C11H12O2/c1-13-11-5-2-8(7-12)6-10(11)9-3-4-9/h2,5-7,9H,3-4H2,1H3. The van der Waals surface area contributed by atoms with Gasteiger partial charge >= 0.3 is 0 Å². The van der Waals surface area contributed by atoms with Gasteiger partial charge in [0.25, 0.3) is 0 Å². The number of hydrogen-bond donors (Lipinski definition) is 0. The molecule has 13 heavy (non-hydrogen) atoms. The predicted molar refractivity (Wildman–Crippen MR) is 50.4 cm³/mol. The Bertz CT molecular complexity index is 327. The van der Waals surface area contributed by atoms with Crippen LogP contribution in [-0.4, -0.2) is 13.4 Å². The molecule has 0 unspecified atom stereocenters. The molecule has 0 heterocycles. The summed E-state index contributed by atoms with van der Waals surface area (Å²) < 4.78 is 5.23. The van der Waals surface area contributed by atoms with Gasteiger partial charge in [0.1, 0.15) is 12.0 Å². The maximum Gasteiger partial charge on any atom is 0.150 e. The van der Waals surface area contributed by atoms with Crippen LogP contribution in [0, 0.1) is 0 Å². The third-order valence-corrected chi connectivity index (χ3v) is 2.41. The number of carbonyl (C=O) groups excluding carboxylic acids is 1. The number of benzene rings is 1. The van der Waals surface area contributed by atoms with E-state index in [1.807, 2.05) is 12.1 Å². The molecule has 0 radical (unpaired) electrons. The Morgan fingerprint density at radius 3 is 2.77 bits per heavy atom. The summed E-state index contributed by atoms with van der Waals surface area (Å²) in [5.41, 5.74) is 1.93. The van der Waals surface area contributed by atoms with E-state index >= 15 is 0 Å². The van der Waals surface area contributed by atoms with Gasteiger partial charge < -0.3 is 4.74 Å². The number of aldehydes is 1. The Morgan fingerprint density at radius 1 is 1.46 bits per heavy atom. The summed E-state index contributed by atoms with van der Waals surface area (Å²) in [6.07, 6.45) is 3.32. The first-order chi connectivity index (χ1) is 6.35. The van der Waals surface area contributed by atoms with E-state index in [0.717, 1.165) is 17.6 Å². The first kappa shape index (κ1) is 8.30. The molecular formula is C11H12O2. The maximum atomic E-state index is 10.6. The molecule has 0 saturated heterocycles. The molecule has 1 saturated carbocycles. The average Bonchev–Trinajstić information content (AvgIpc) is 3.00. The van der Waals surface area contributed by atoms with Crippen molar-refractivity contribution in [3.05, 3.63) is 29.3 Å². The second kappa shape index (κ2) is 3.21. The quantitative estimate of drug-likeness (QED) is 0.661. The van der Waals surface area contributed by atoms with Crippen LogP contribution in [0.15, 0.2) is 18.2 Å². The van der Waals surface area contributed by atoms with Gasteiger partial charge in [-0.1, -0.05) is 0 Å². The summed E-state index contributed by atoms with van der Waals surface area (Å²) in [6.45, 7) is 0. The van der Waals surface area contributed by atoms with E-state index in [2.05, 4.69) is 0 Å². The van der Waals surface area contributed by atoms with Crippen LogP contribution in [0.2, 0.25) is 0 Å². The van der Waals surface area contributed by atoms with E-state index < -0.39 is 0 Å². The van der Waals surface area contributed by atoms with Gasteiger partial charge in [0, 0.05) is 5.56 Å². The molecule has 1 aliphatic carbocycles. The Morgan fingerprint density at radius 2 is 2.23 bits per heavy atom. The minimum atomic E-state index is 0.620. The second-order valence-electron chi connectivity index (χ2n) is 3.39. The van der Waals surface area contributed by atoms with E-state index in [-0.39, 0.29) is 0 Å². The third kappa shape index (κ3) is 1.57. The van der Waals surface area contributed by atoms with Crippen LogP contribution >= 0.6 is 0 Å². The fraction of sp³-hybridized carbons (Fsp3) is 0.364. The molecule has 0 spiro atoms. The minimum Gasteiger partial charge on any atom is -0.496 e. The largest absolute Gasteiger partial charge is 0.496 e. The van der Waals surface area contributed by atoms with Crippen LogP contribution in [0.4, 0.5) is 0 Å². The smallest absolute Gasteiger partial charge is 0.150 e. The van der Waals surface area contributed by atoms with Crippen molar-refractivity contribution in [2.45, 2.75) is 18.8 Å². The summed E-state index contributed by atoms with van der Waals surface area (Å²) in [5.74, 6) is 1.53. The molecule has 1 aliphatic rings. The lowest BCUT2D eigenvalue weighted by molar-refractivity contribution is 0.112. The van der Waals surface area contributed by atoms with Crippen LogP contribution in [0.25, 0.3) is 0 Å². The summed E-state index contributed by atoms with van der Waals surface area (Å²) in [6, 6.07) is 5.60. The first-order valence-electron chi connectivity index (χ1n) is 4.48. The molecule has 1 fully saturated rings. The number of rotatable bonds is 3. The van der Waals surface area contributed by atoms with Crippen molar-refractivity contribution < 1.29 is 9.53 Å². The van der Waals surface area contributed by atoms with Gasteiger partial charge in [0.15, 0.2) is 0 Å². The Kier molecular flexibility index (Phi) is 2.05. The molecule has 0 aromatic heterocycles. The molecule has 2 nitrogen and oxygen atoms in total. The number of carbonyl (C=O) groups is 1. The number of methoxy groups -OCH3 is 1. The van der Waals surface area contributed by atoms with Crippen molar-refractivity contribution in [3.63, 3.8) is 0 Å². The van der Waals surface area contributed by atoms with Gasteiger partial charge in [-0.15, -0.1) is 0 Å². The Labute approximate surface area is 77.5 Å². The molecule has 0 aliphatic heterocycles. The zero-order chi connectivity index (χ0) is 9.26. The fourth-order valence-corrected chi connectivity index (χ4v) is 1.54. The monoisotopic (exact) mass is 176 g/mol. The van der Waals surface area contributed by atoms with Crippen molar-refractivity contribution >= 4 is 6.29 Å². The predicted octanol–water partition coefficient (Wildman–Crippen LogP) is 2.39. The van der Waals surface area contributed by atoms with Crippen molar-refractivity contribution in [1.82, 2.24) is 0 Å². The van der Waals surface area contributed by atoms with Crippen LogP contribution in [0.3, 0.4) is 0 Å². The van der Waals surface area contributed by atoms with Gasteiger partial charge in [0.05, 0.1) is 7.11 Å². The Balaban J connectivity index is 2.40. The molecule has 0 bridgehead atoms. The molecule has 1 aromatic rings. The normalized spacial score (nSPS) is 15.5. The van der Waals surface area contributed by atoms with E-state index in [0.29, 0.717) is 5.92 Å². The topological polar surface area (TPSA) is 26.3 Å². The zero-order valence-corrected chi connectivity index (χ0v) is 7.62. The van der Waals surface area contributed by atoms with Crippen LogP contribution in [-0.2, 0) is 0 Å². The molecule has 68 valence electrons. The summed E-state index contributed by atoms with van der Waals surface area (Å²) in [5, 5.41) is 0. The van der Waals surface area contributed by atoms with E-state index in [1.165, 1.54) is 18.4 Å². The molecule has 2 heteroatoms. The van der Waals surface area contributed by atoms with Gasteiger partial charge in [-0.05, 0) is 42.5 Å². The Hall–Kier alpha value is -1.31. The molecule has 0 N–H and O–H groups in total. The molecular weight excluding hydrogens is 164 g/mol. The first-order valence-corrected chi connectivity index (χ1v) is 4.48. The van der Waals surface area contributed by atoms with Gasteiger partial charge in [-0.3, -0.25) is 4.79 Å². The van der Waals surface area contributed by atoms with Crippen molar-refractivity contribution in [2.24, 2.45) is 0 Å². The summed E-state index contributed by atoms with van der Waals surface area (Å²) in [4.78, 5) is 10.6. The van der Waals surface area contributed by atoms with E-state index in [1.54, 1.807) is 13.2 Å². The van der Waals surface area contributed by atoms with Crippen molar-refractivity contribution in [3.8, 4) is 5.75 Å². The fourth-order valence-electron chi connectivity index (χ4n) is 1.54. The number of hydrogen-bond acceptors (Lipinski definition) is 2. The van der Waals surface area contributed by atoms with Gasteiger partial charge in [0.2, 0.25) is 0 Å². The maximum absolute atomic E-state index is 10.6. The highest BCUT2D eigenvalue weighted by Gasteiger charge is 2.26. The lowest BCUT2D eigenvalue weighted by Crippen LogP contribution is -1.91. The van der Waals surface area contributed by atoms with Crippen LogP contribution < -0.4 is 4.74 Å². The zero-order valence-electron chi connectivity index (χ0n) is 7.62. The molecule has 0 amide bonds. The van der Waals surface area contributed by atoms with Gasteiger partial charge in [-0.2, -0.15) is 0 Å². The summed E-state index contributed by atoms with van der Waals surface area (Å²) >= 11 is 0. The lowest BCUT2D eigenvalue weighted by atomic mass is 10.1. The highest BCUT2D eigenvalue weighted by molar-refractivity contribution is 5.75. The number of ether oxygens (including phenoxy) is 1. The molecule has 0 atom stereocenters. The van der Waals surface area contributed by atoms with E-state index in [9.17, 15) is 4.79 Å². The lowest BCUT2D eigenvalue weighted by Gasteiger charge is -2.07. The van der Waals surface area contributed by atoms with Crippen LogP contribution in [0.1, 0.15) is 34.7 Å². The second-order valence-corrected chi connectivity index (χ2v) is 3.39. The molecule has 2 rings (SSSR count). The minimum absolute atomic E-state index is 0.620. The van der Waals surface area contributed by atoms with Crippen molar-refractivity contribution in [2.75, 3.05) is 7.11 Å². The van der Waals surface area contributed by atoms with Crippen LogP contribution in [0.5, 0.6) is 5.75 Å².